The molecule has 0 aromatic rings. The molecule has 1 aliphatic heterocycles. The minimum absolute atomic E-state index is 0.00809. The van der Waals surface area contributed by atoms with Crippen LogP contribution in [0, 0.1) is 46.8 Å². The van der Waals surface area contributed by atoms with Gasteiger partial charge in [0.1, 0.15) is 17.8 Å². The fourth-order valence-corrected chi connectivity index (χ4v) is 9.47. The Morgan fingerprint density at radius 2 is 1.70 bits per heavy atom. The van der Waals surface area contributed by atoms with Crippen LogP contribution in [-0.4, -0.2) is 64.8 Å². The van der Waals surface area contributed by atoms with E-state index >= 15 is 0 Å². The lowest BCUT2D eigenvalue weighted by molar-refractivity contribution is -0.230. The molecule has 7 aliphatic rings. The third-order valence-electron chi connectivity index (χ3n) is 10.4. The minimum atomic E-state index is -4.26. The van der Waals surface area contributed by atoms with E-state index in [2.05, 4.69) is 0 Å². The first-order valence-corrected chi connectivity index (χ1v) is 14.1. The summed E-state index contributed by atoms with van der Waals surface area (Å²) >= 11 is 0. The van der Waals surface area contributed by atoms with Crippen molar-refractivity contribution in [1.82, 2.24) is 0 Å². The quantitative estimate of drug-likeness (QED) is 0.343. The van der Waals surface area contributed by atoms with Gasteiger partial charge in [-0.3, -0.25) is 19.2 Å². The maximum atomic E-state index is 14.5. The van der Waals surface area contributed by atoms with Crippen molar-refractivity contribution in [3.8, 4) is 0 Å². The smallest absolute Gasteiger partial charge is 0.378 e. The third kappa shape index (κ3) is 3.94. The van der Waals surface area contributed by atoms with Crippen LogP contribution in [-0.2, 0) is 42.9 Å². The highest BCUT2D eigenvalue weighted by atomic mass is 19.3. The summed E-state index contributed by atoms with van der Waals surface area (Å²) in [5.41, 5.74) is -2.19. The summed E-state index contributed by atoms with van der Waals surface area (Å²) in [5, 5.41) is 9.07. The molecular formula is C28H34F2O10. The Labute approximate surface area is 229 Å². The molecule has 1 saturated heterocycles. The molecule has 0 spiro atoms. The number of carbonyl (C=O) groups excluding carboxylic acids is 4. The van der Waals surface area contributed by atoms with Gasteiger partial charge in [-0.15, -0.1) is 0 Å². The van der Waals surface area contributed by atoms with Crippen LogP contribution in [0.5, 0.6) is 0 Å². The minimum Gasteiger partial charge on any atom is -0.477 e. The molecule has 1 N–H and O–H groups in total. The molecule has 12 heteroatoms. The second-order valence-corrected chi connectivity index (χ2v) is 13.4. The zero-order chi connectivity index (χ0) is 28.9. The lowest BCUT2D eigenvalue weighted by atomic mass is 9.48. The highest BCUT2D eigenvalue weighted by molar-refractivity contribution is 5.87. The predicted octanol–water partition coefficient (Wildman–Crippen LogP) is 2.90. The van der Waals surface area contributed by atoms with Crippen LogP contribution in [0.3, 0.4) is 0 Å². The Morgan fingerprint density at radius 1 is 1.05 bits per heavy atom. The fourth-order valence-electron chi connectivity index (χ4n) is 9.47. The van der Waals surface area contributed by atoms with Gasteiger partial charge >= 0.3 is 35.8 Å². The van der Waals surface area contributed by atoms with Gasteiger partial charge in [0.15, 0.2) is 6.10 Å². The SMILES string of the molecule is CC(=O)OC1C2CC3C1OC(=O)C3C2C(=O)OC12CC3CC(C1)CC(C(=O)OC(C(C)C)C(F)(F)C(=O)O)(C3)C2. The van der Waals surface area contributed by atoms with Crippen molar-refractivity contribution in [2.24, 2.45) is 46.8 Å². The molecule has 6 bridgehead atoms. The average Bonchev–Trinajstić information content (AvgIpc) is 3.44. The number of carbonyl (C=O) groups is 5. The number of carboxylic acids is 1. The molecule has 9 atom stereocenters. The van der Waals surface area contributed by atoms with Crippen molar-refractivity contribution in [3.05, 3.63) is 0 Å². The van der Waals surface area contributed by atoms with E-state index in [1.54, 1.807) is 0 Å². The number of alkyl halides is 2. The number of carboxylic acid groups (broad SMARTS) is 1. The standard InChI is InChI=1S/C28H34F2O10/c1-11(2)21(28(29,30)24(34)35)39-25(36)26-6-13-4-14(7-26)9-27(8-13,10-26)40-23(33)18-16-5-15-17(18)22(32)38-20(15)19(16)37-12(3)31/h11,13-21H,4-10H2,1-3H3,(H,34,35). The molecule has 0 aromatic carbocycles. The summed E-state index contributed by atoms with van der Waals surface area (Å²) in [6.07, 6.45) is -0.215. The summed E-state index contributed by atoms with van der Waals surface area (Å²) in [5.74, 6) is -12.2. The van der Waals surface area contributed by atoms with Gasteiger partial charge in [-0.2, -0.15) is 8.78 Å². The van der Waals surface area contributed by atoms with Crippen LogP contribution in [0.4, 0.5) is 8.78 Å². The van der Waals surface area contributed by atoms with E-state index in [0.717, 1.165) is 6.42 Å². The van der Waals surface area contributed by atoms with Gasteiger partial charge in [-0.25, -0.2) is 4.79 Å². The summed E-state index contributed by atoms with van der Waals surface area (Å²) in [6.45, 7) is 4.00. The maximum absolute atomic E-state index is 14.5. The second kappa shape index (κ2) is 8.85. The first-order valence-electron chi connectivity index (χ1n) is 14.1. The van der Waals surface area contributed by atoms with E-state index in [-0.39, 0.29) is 24.2 Å². The lowest BCUT2D eigenvalue weighted by Gasteiger charge is -2.60. The van der Waals surface area contributed by atoms with Crippen LogP contribution in [0.2, 0.25) is 0 Å². The Bertz CT molecular complexity index is 1150. The highest BCUT2D eigenvalue weighted by Crippen LogP contribution is 2.65. The van der Waals surface area contributed by atoms with Crippen LogP contribution in [0.15, 0.2) is 0 Å². The highest BCUT2D eigenvalue weighted by Gasteiger charge is 2.71. The van der Waals surface area contributed by atoms with Gasteiger partial charge in [0.2, 0.25) is 0 Å². The topological polar surface area (TPSA) is 142 Å². The molecule has 7 rings (SSSR count). The van der Waals surface area contributed by atoms with E-state index in [9.17, 15) is 32.8 Å². The fraction of sp³-hybridized carbons (Fsp3) is 0.821. The van der Waals surface area contributed by atoms with E-state index in [1.165, 1.54) is 20.8 Å². The van der Waals surface area contributed by atoms with Crippen molar-refractivity contribution < 1.29 is 56.8 Å². The number of hydrogen-bond donors (Lipinski definition) is 1. The zero-order valence-electron chi connectivity index (χ0n) is 22.6. The predicted molar refractivity (Wildman–Crippen MR) is 127 cm³/mol. The Hall–Kier alpha value is -2.79. The number of halogens is 2. The van der Waals surface area contributed by atoms with Crippen molar-refractivity contribution >= 4 is 29.8 Å². The van der Waals surface area contributed by atoms with Crippen LogP contribution in [0.25, 0.3) is 0 Å². The number of aliphatic carboxylic acids is 1. The van der Waals surface area contributed by atoms with Crippen LogP contribution in [0.1, 0.15) is 65.7 Å². The van der Waals surface area contributed by atoms with Gasteiger partial charge in [-0.05, 0) is 56.3 Å². The van der Waals surface area contributed by atoms with Gasteiger partial charge in [0.05, 0.1) is 17.3 Å². The Morgan fingerprint density at radius 3 is 2.27 bits per heavy atom. The maximum Gasteiger partial charge on any atom is 0.378 e. The second-order valence-electron chi connectivity index (χ2n) is 13.4. The number of fused-ring (bicyclic) bond motifs is 1. The van der Waals surface area contributed by atoms with Crippen molar-refractivity contribution in [2.75, 3.05) is 0 Å². The molecule has 7 fully saturated rings. The van der Waals surface area contributed by atoms with Crippen LogP contribution >= 0.6 is 0 Å². The molecule has 9 unspecified atom stereocenters. The summed E-state index contributed by atoms with van der Waals surface area (Å²) in [4.78, 5) is 63.0. The molecule has 6 aliphatic carbocycles. The number of ether oxygens (including phenoxy) is 4. The molecule has 220 valence electrons. The Kier molecular flexibility index (Phi) is 6.06. The van der Waals surface area contributed by atoms with Gasteiger partial charge in [0, 0.05) is 25.2 Å². The van der Waals surface area contributed by atoms with Crippen molar-refractivity contribution in [1.29, 1.82) is 0 Å². The number of hydrogen-bond acceptors (Lipinski definition) is 9. The van der Waals surface area contributed by atoms with Gasteiger partial charge in [0.25, 0.3) is 0 Å². The van der Waals surface area contributed by atoms with Gasteiger partial charge < -0.3 is 24.1 Å². The summed E-state index contributed by atoms with van der Waals surface area (Å²) in [6, 6.07) is 0. The number of esters is 4. The third-order valence-corrected chi connectivity index (χ3v) is 10.4. The van der Waals surface area contributed by atoms with Crippen molar-refractivity contribution in [3.63, 3.8) is 0 Å². The summed E-state index contributed by atoms with van der Waals surface area (Å²) in [7, 11) is 0. The molecule has 6 saturated carbocycles. The molecule has 1 heterocycles. The lowest BCUT2D eigenvalue weighted by Crippen LogP contribution is -2.61. The zero-order valence-corrected chi connectivity index (χ0v) is 22.6. The molecule has 10 nitrogen and oxygen atoms in total. The largest absolute Gasteiger partial charge is 0.477 e. The van der Waals surface area contributed by atoms with E-state index in [1.807, 2.05) is 0 Å². The number of rotatable bonds is 8. The van der Waals surface area contributed by atoms with E-state index < -0.39 is 88.8 Å². The molecule has 0 aromatic heterocycles. The molecule has 0 radical (unpaired) electrons. The van der Waals surface area contributed by atoms with Crippen molar-refractivity contribution in [2.45, 2.75) is 95.6 Å². The van der Waals surface area contributed by atoms with Crippen LogP contribution < -0.4 is 0 Å². The first kappa shape index (κ1) is 27.4. The molecular weight excluding hydrogens is 534 g/mol. The summed E-state index contributed by atoms with van der Waals surface area (Å²) < 4.78 is 51.5. The monoisotopic (exact) mass is 568 g/mol. The van der Waals surface area contributed by atoms with Gasteiger partial charge in [-0.1, -0.05) is 13.8 Å². The van der Waals surface area contributed by atoms with E-state index in [4.69, 9.17) is 24.1 Å². The Balaban J connectivity index is 1.23. The normalized spacial score (nSPS) is 43.0. The molecule has 0 amide bonds. The molecule has 40 heavy (non-hydrogen) atoms. The van der Waals surface area contributed by atoms with E-state index in [0.29, 0.717) is 32.1 Å². The average molecular weight is 569 g/mol. The first-order chi connectivity index (χ1) is 18.7.